The maximum atomic E-state index is 11.7. The summed E-state index contributed by atoms with van der Waals surface area (Å²) in [5.41, 5.74) is 0.474. The second-order valence-corrected chi connectivity index (χ2v) is 4.15. The van der Waals surface area contributed by atoms with Crippen LogP contribution in [0.2, 0.25) is 0 Å². The van der Waals surface area contributed by atoms with Crippen molar-refractivity contribution in [2.75, 3.05) is 13.2 Å². The molecule has 0 heterocycles. The molecule has 0 aliphatic heterocycles. The second-order valence-electron chi connectivity index (χ2n) is 4.15. The van der Waals surface area contributed by atoms with Gasteiger partial charge in [0.25, 0.3) is 0 Å². The van der Waals surface area contributed by atoms with Crippen molar-refractivity contribution >= 4 is 12.1 Å². The number of rotatable bonds is 9. The van der Waals surface area contributed by atoms with Crippen LogP contribution in [0.3, 0.4) is 0 Å². The lowest BCUT2D eigenvalue weighted by molar-refractivity contribution is -0.107. The van der Waals surface area contributed by atoms with Crippen molar-refractivity contribution in [1.82, 2.24) is 0 Å². The van der Waals surface area contributed by atoms with Crippen LogP contribution in [-0.2, 0) is 4.79 Å². The quantitative estimate of drug-likeness (QED) is 0.391. The maximum Gasteiger partial charge on any atom is 0.170 e. The molecule has 0 fully saturated rings. The van der Waals surface area contributed by atoms with Crippen LogP contribution in [-0.4, -0.2) is 25.3 Å². The zero-order chi connectivity index (χ0) is 14.1. The standard InChI is InChI=1S/C15H20O4/c1-3-9-18-14-6-5-12(13(17)7-8-16)11-15(14)19-10-4-2/h5-6,8,11H,3-4,7,9-10H2,1-2H3. The summed E-state index contributed by atoms with van der Waals surface area (Å²) in [6, 6.07) is 5.03. The Morgan fingerprint density at radius 1 is 1.11 bits per heavy atom. The van der Waals surface area contributed by atoms with Crippen LogP contribution < -0.4 is 9.47 Å². The van der Waals surface area contributed by atoms with E-state index in [1.54, 1.807) is 18.2 Å². The van der Waals surface area contributed by atoms with Crippen LogP contribution in [0.25, 0.3) is 0 Å². The topological polar surface area (TPSA) is 52.6 Å². The number of hydrogen-bond donors (Lipinski definition) is 0. The van der Waals surface area contributed by atoms with Gasteiger partial charge in [0, 0.05) is 5.56 Å². The summed E-state index contributed by atoms with van der Waals surface area (Å²) in [6.45, 7) is 5.19. The molecule has 0 amide bonds. The molecule has 4 nitrogen and oxygen atoms in total. The average molecular weight is 264 g/mol. The zero-order valence-corrected chi connectivity index (χ0v) is 11.5. The molecular weight excluding hydrogens is 244 g/mol. The Hall–Kier alpha value is -1.84. The zero-order valence-electron chi connectivity index (χ0n) is 11.5. The van der Waals surface area contributed by atoms with E-state index in [0.717, 1.165) is 12.8 Å². The summed E-state index contributed by atoms with van der Waals surface area (Å²) in [5.74, 6) is 0.989. The molecule has 4 heteroatoms. The molecule has 0 aliphatic rings. The fourth-order valence-corrected chi connectivity index (χ4v) is 1.53. The van der Waals surface area contributed by atoms with Crippen LogP contribution in [0, 0.1) is 0 Å². The van der Waals surface area contributed by atoms with Gasteiger partial charge in [0.05, 0.1) is 19.6 Å². The van der Waals surface area contributed by atoms with Crippen LogP contribution >= 0.6 is 0 Å². The van der Waals surface area contributed by atoms with E-state index in [0.29, 0.717) is 36.6 Å². The molecule has 104 valence electrons. The van der Waals surface area contributed by atoms with Gasteiger partial charge in [-0.05, 0) is 31.0 Å². The number of ketones is 1. The van der Waals surface area contributed by atoms with Gasteiger partial charge in [-0.25, -0.2) is 0 Å². The lowest BCUT2D eigenvalue weighted by Crippen LogP contribution is -2.04. The Kier molecular flexibility index (Phi) is 6.64. The molecule has 0 atom stereocenters. The first kappa shape index (κ1) is 15.2. The first-order valence-corrected chi connectivity index (χ1v) is 6.59. The Labute approximate surface area is 113 Å². The number of Topliss-reactive ketones (excluding diaryl/α,β-unsaturated/α-hetero) is 1. The SMILES string of the molecule is CCCOc1ccc(C(=O)CC=O)cc1OCCC. The van der Waals surface area contributed by atoms with Crippen LogP contribution in [0.15, 0.2) is 18.2 Å². The van der Waals surface area contributed by atoms with Crippen molar-refractivity contribution in [3.8, 4) is 11.5 Å². The highest BCUT2D eigenvalue weighted by Gasteiger charge is 2.11. The molecule has 0 aromatic heterocycles. The van der Waals surface area contributed by atoms with Gasteiger partial charge in [-0.1, -0.05) is 13.8 Å². The third kappa shape index (κ3) is 4.73. The van der Waals surface area contributed by atoms with Gasteiger partial charge in [0.1, 0.15) is 6.29 Å². The molecule has 0 unspecified atom stereocenters. The molecule has 1 aromatic rings. The largest absolute Gasteiger partial charge is 0.490 e. The summed E-state index contributed by atoms with van der Waals surface area (Å²) in [5, 5.41) is 0. The Bertz CT molecular complexity index is 426. The number of aldehydes is 1. The number of ether oxygens (including phenoxy) is 2. The van der Waals surface area contributed by atoms with E-state index in [2.05, 4.69) is 0 Å². The Morgan fingerprint density at radius 3 is 2.32 bits per heavy atom. The van der Waals surface area contributed by atoms with Crippen molar-refractivity contribution in [1.29, 1.82) is 0 Å². The molecule has 0 radical (unpaired) electrons. The molecule has 0 saturated carbocycles. The normalized spacial score (nSPS) is 10.0. The van der Waals surface area contributed by atoms with Crippen LogP contribution in [0.4, 0.5) is 0 Å². The average Bonchev–Trinajstić information content (AvgIpc) is 2.43. The van der Waals surface area contributed by atoms with E-state index in [1.807, 2.05) is 13.8 Å². The Morgan fingerprint density at radius 2 is 1.74 bits per heavy atom. The first-order chi connectivity index (χ1) is 9.22. The molecular formula is C15H20O4. The predicted octanol–water partition coefficient (Wildman–Crippen LogP) is 3.04. The third-order valence-electron chi connectivity index (χ3n) is 2.46. The summed E-state index contributed by atoms with van der Waals surface area (Å²) >= 11 is 0. The highest BCUT2D eigenvalue weighted by atomic mass is 16.5. The maximum absolute atomic E-state index is 11.7. The minimum Gasteiger partial charge on any atom is -0.490 e. The molecule has 0 N–H and O–H groups in total. The molecule has 0 spiro atoms. The van der Waals surface area contributed by atoms with Gasteiger partial charge in [0.15, 0.2) is 17.3 Å². The van der Waals surface area contributed by atoms with Gasteiger partial charge in [-0.15, -0.1) is 0 Å². The van der Waals surface area contributed by atoms with E-state index in [4.69, 9.17) is 9.47 Å². The lowest BCUT2D eigenvalue weighted by atomic mass is 10.1. The van der Waals surface area contributed by atoms with Crippen LogP contribution in [0.5, 0.6) is 11.5 Å². The summed E-state index contributed by atoms with van der Waals surface area (Å²) in [6.07, 6.45) is 2.28. The minimum absolute atomic E-state index is 0.109. The summed E-state index contributed by atoms with van der Waals surface area (Å²) in [7, 11) is 0. The van der Waals surface area contributed by atoms with Gasteiger partial charge in [0.2, 0.25) is 0 Å². The fraction of sp³-hybridized carbons (Fsp3) is 0.467. The van der Waals surface area contributed by atoms with Crippen LogP contribution in [0.1, 0.15) is 43.5 Å². The van der Waals surface area contributed by atoms with Gasteiger partial charge in [-0.2, -0.15) is 0 Å². The van der Waals surface area contributed by atoms with E-state index in [-0.39, 0.29) is 12.2 Å². The third-order valence-corrected chi connectivity index (χ3v) is 2.46. The van der Waals surface area contributed by atoms with Crippen molar-refractivity contribution in [2.45, 2.75) is 33.1 Å². The highest BCUT2D eigenvalue weighted by molar-refractivity contribution is 6.03. The first-order valence-electron chi connectivity index (χ1n) is 6.59. The lowest BCUT2D eigenvalue weighted by Gasteiger charge is -2.13. The van der Waals surface area contributed by atoms with E-state index >= 15 is 0 Å². The van der Waals surface area contributed by atoms with E-state index < -0.39 is 0 Å². The fourth-order valence-electron chi connectivity index (χ4n) is 1.53. The predicted molar refractivity (Wildman–Crippen MR) is 73.0 cm³/mol. The van der Waals surface area contributed by atoms with Gasteiger partial charge >= 0.3 is 0 Å². The molecule has 1 aromatic carbocycles. The number of benzene rings is 1. The van der Waals surface area contributed by atoms with Crippen molar-refractivity contribution in [3.63, 3.8) is 0 Å². The minimum atomic E-state index is -0.210. The van der Waals surface area contributed by atoms with Gasteiger partial charge < -0.3 is 14.3 Å². The monoisotopic (exact) mass is 264 g/mol. The molecule has 1 rings (SSSR count). The van der Waals surface area contributed by atoms with E-state index in [9.17, 15) is 9.59 Å². The van der Waals surface area contributed by atoms with Crippen molar-refractivity contribution < 1.29 is 19.1 Å². The van der Waals surface area contributed by atoms with Crippen molar-refractivity contribution in [3.05, 3.63) is 23.8 Å². The molecule has 19 heavy (non-hydrogen) atoms. The van der Waals surface area contributed by atoms with Crippen molar-refractivity contribution in [2.24, 2.45) is 0 Å². The van der Waals surface area contributed by atoms with Gasteiger partial charge in [-0.3, -0.25) is 4.79 Å². The molecule has 0 aliphatic carbocycles. The second kappa shape index (κ2) is 8.29. The smallest absolute Gasteiger partial charge is 0.170 e. The Balaban J connectivity index is 2.92. The number of hydrogen-bond acceptors (Lipinski definition) is 4. The molecule has 0 saturated heterocycles. The van der Waals surface area contributed by atoms with E-state index in [1.165, 1.54) is 0 Å². The summed E-state index contributed by atoms with van der Waals surface area (Å²) < 4.78 is 11.2. The summed E-state index contributed by atoms with van der Waals surface area (Å²) in [4.78, 5) is 22.0. The number of carbonyl (C=O) groups is 2. The highest BCUT2D eigenvalue weighted by Crippen LogP contribution is 2.29. The number of carbonyl (C=O) groups excluding carboxylic acids is 2. The molecule has 0 bridgehead atoms.